The molecule has 0 aliphatic heterocycles. The number of hydrogen-bond acceptors (Lipinski definition) is 2. The number of aromatic nitrogens is 1. The number of aliphatic hydroxyl groups excluding tert-OH is 1. The average Bonchev–Trinajstić information content (AvgIpc) is 2.63. The van der Waals surface area contributed by atoms with Crippen molar-refractivity contribution in [2.24, 2.45) is 0 Å². The molecule has 0 bridgehead atoms. The quantitative estimate of drug-likeness (QED) is 0.825. The monoisotopic (exact) mass is 239 g/mol. The van der Waals surface area contributed by atoms with Crippen molar-refractivity contribution < 1.29 is 5.11 Å². The summed E-state index contributed by atoms with van der Waals surface area (Å²) in [6.45, 7) is 0. The number of hydrogen-bond donors (Lipinski definition) is 1. The van der Waals surface area contributed by atoms with Gasteiger partial charge >= 0.3 is 0 Å². The summed E-state index contributed by atoms with van der Waals surface area (Å²) in [7, 11) is 0. The Bertz CT molecular complexity index is 588. The Balaban J connectivity index is 2.03. The molecule has 3 rings (SSSR count). The van der Waals surface area contributed by atoms with Crippen molar-refractivity contribution in [1.82, 2.24) is 4.98 Å². The molecule has 0 saturated heterocycles. The molecule has 1 aliphatic carbocycles. The second kappa shape index (κ2) is 4.91. The number of fused-ring (bicyclic) bond motifs is 1. The predicted molar refractivity (Wildman–Crippen MR) is 74.2 cm³/mol. The van der Waals surface area contributed by atoms with Gasteiger partial charge in [0.15, 0.2) is 0 Å². The molecule has 1 heterocycles. The van der Waals surface area contributed by atoms with Gasteiger partial charge in [-0.05, 0) is 48.6 Å². The highest BCUT2D eigenvalue weighted by molar-refractivity contribution is 5.83. The van der Waals surface area contributed by atoms with E-state index in [0.29, 0.717) is 0 Å². The summed E-state index contributed by atoms with van der Waals surface area (Å²) in [5.74, 6) is 0. The minimum Gasteiger partial charge on any atom is -0.389 e. The maximum atomic E-state index is 9.85. The fourth-order valence-electron chi connectivity index (χ4n) is 2.58. The van der Waals surface area contributed by atoms with Crippen LogP contribution in [0.1, 0.15) is 31.2 Å². The van der Waals surface area contributed by atoms with Crippen LogP contribution < -0.4 is 0 Å². The summed E-state index contributed by atoms with van der Waals surface area (Å²) in [4.78, 5) is 4.33. The van der Waals surface area contributed by atoms with Gasteiger partial charge in [0.25, 0.3) is 0 Å². The molecule has 1 unspecified atom stereocenters. The Morgan fingerprint density at radius 2 is 2.11 bits per heavy atom. The van der Waals surface area contributed by atoms with Crippen molar-refractivity contribution in [3.63, 3.8) is 0 Å². The molecule has 18 heavy (non-hydrogen) atoms. The Morgan fingerprint density at radius 1 is 1.17 bits per heavy atom. The summed E-state index contributed by atoms with van der Waals surface area (Å²) in [5, 5.41) is 11.0. The number of allylic oxidation sites excluding steroid dienone is 1. The molecule has 2 nitrogen and oxygen atoms in total. The van der Waals surface area contributed by atoms with E-state index < -0.39 is 0 Å². The van der Waals surface area contributed by atoms with Crippen LogP contribution in [0.3, 0.4) is 0 Å². The van der Waals surface area contributed by atoms with E-state index >= 15 is 0 Å². The molecule has 2 aromatic rings. The van der Waals surface area contributed by atoms with Crippen molar-refractivity contribution in [1.29, 1.82) is 0 Å². The van der Waals surface area contributed by atoms with Crippen molar-refractivity contribution in [3.8, 4) is 0 Å². The van der Waals surface area contributed by atoms with Gasteiger partial charge in [0.1, 0.15) is 0 Å². The topological polar surface area (TPSA) is 33.1 Å². The lowest BCUT2D eigenvalue weighted by atomic mass is 9.99. The highest BCUT2D eigenvalue weighted by atomic mass is 16.3. The van der Waals surface area contributed by atoms with Crippen LogP contribution in [-0.2, 0) is 0 Å². The van der Waals surface area contributed by atoms with Crippen LogP contribution in [0, 0.1) is 0 Å². The third-order valence-electron chi connectivity index (χ3n) is 3.56. The fraction of sp³-hybridized carbons (Fsp3) is 0.312. The number of pyridine rings is 1. The molecule has 2 heteroatoms. The Kier molecular flexibility index (Phi) is 3.11. The zero-order valence-corrected chi connectivity index (χ0v) is 10.3. The van der Waals surface area contributed by atoms with Crippen LogP contribution in [0.2, 0.25) is 0 Å². The number of nitrogens with zero attached hydrogens (tertiary/aromatic N) is 1. The zero-order valence-electron chi connectivity index (χ0n) is 10.3. The minimum atomic E-state index is -0.285. The second-order valence-electron chi connectivity index (χ2n) is 4.92. The van der Waals surface area contributed by atoms with Gasteiger partial charge < -0.3 is 5.11 Å². The summed E-state index contributed by atoms with van der Waals surface area (Å²) in [6, 6.07) is 10.4. The van der Waals surface area contributed by atoms with E-state index in [4.69, 9.17) is 0 Å². The van der Waals surface area contributed by atoms with Gasteiger partial charge in [0.2, 0.25) is 0 Å². The largest absolute Gasteiger partial charge is 0.389 e. The van der Waals surface area contributed by atoms with Gasteiger partial charge in [-0.15, -0.1) is 0 Å². The maximum Gasteiger partial charge on any atom is 0.0726 e. The second-order valence-corrected chi connectivity index (χ2v) is 4.92. The first kappa shape index (κ1) is 11.4. The summed E-state index contributed by atoms with van der Waals surface area (Å²) >= 11 is 0. The molecule has 0 fully saturated rings. The lowest BCUT2D eigenvalue weighted by Crippen LogP contribution is -2.00. The molecule has 0 spiro atoms. The van der Waals surface area contributed by atoms with E-state index in [2.05, 4.69) is 29.2 Å². The zero-order chi connectivity index (χ0) is 12.4. The fourth-order valence-corrected chi connectivity index (χ4v) is 2.58. The number of aliphatic hydroxyl groups is 1. The van der Waals surface area contributed by atoms with Crippen LogP contribution in [0.25, 0.3) is 16.5 Å². The molecule has 0 radical (unpaired) electrons. The molecule has 1 atom stereocenters. The molecular formula is C16H17NO. The predicted octanol–water partition coefficient (Wildman–Crippen LogP) is 3.55. The Morgan fingerprint density at radius 3 is 3.06 bits per heavy atom. The molecule has 1 aliphatic rings. The molecule has 1 N–H and O–H groups in total. The van der Waals surface area contributed by atoms with Crippen LogP contribution in [-0.4, -0.2) is 16.2 Å². The molecule has 0 amide bonds. The SMILES string of the molecule is OC1C=C(c2ccc3ncccc3c2)CCCC1. The summed E-state index contributed by atoms with van der Waals surface area (Å²) in [6.07, 6.45) is 7.76. The first-order valence-electron chi connectivity index (χ1n) is 6.57. The maximum absolute atomic E-state index is 9.85. The standard InChI is InChI=1S/C16H17NO/c18-15-6-2-1-4-12(11-15)13-7-8-16-14(10-13)5-3-9-17-16/h3,5,7-11,15,18H,1-2,4,6H2. The molecule has 92 valence electrons. The number of rotatable bonds is 1. The van der Waals surface area contributed by atoms with E-state index in [0.717, 1.165) is 36.6 Å². The van der Waals surface area contributed by atoms with Crippen molar-refractivity contribution in [2.45, 2.75) is 31.8 Å². The van der Waals surface area contributed by atoms with E-state index in [9.17, 15) is 5.11 Å². The average molecular weight is 239 g/mol. The van der Waals surface area contributed by atoms with Gasteiger partial charge in [-0.2, -0.15) is 0 Å². The Hall–Kier alpha value is -1.67. The van der Waals surface area contributed by atoms with Crippen molar-refractivity contribution >= 4 is 16.5 Å². The van der Waals surface area contributed by atoms with E-state index in [1.54, 1.807) is 0 Å². The van der Waals surface area contributed by atoms with Gasteiger partial charge in [0, 0.05) is 11.6 Å². The van der Waals surface area contributed by atoms with E-state index in [-0.39, 0.29) is 6.10 Å². The lowest BCUT2D eigenvalue weighted by molar-refractivity contribution is 0.211. The lowest BCUT2D eigenvalue weighted by Gasteiger charge is -2.08. The highest BCUT2D eigenvalue weighted by Gasteiger charge is 2.11. The molecule has 1 aromatic heterocycles. The third kappa shape index (κ3) is 2.29. The van der Waals surface area contributed by atoms with E-state index in [1.165, 1.54) is 11.1 Å². The van der Waals surface area contributed by atoms with Crippen LogP contribution in [0.5, 0.6) is 0 Å². The van der Waals surface area contributed by atoms with Crippen LogP contribution in [0.4, 0.5) is 0 Å². The summed E-state index contributed by atoms with van der Waals surface area (Å²) < 4.78 is 0. The Labute approximate surface area is 107 Å². The highest BCUT2D eigenvalue weighted by Crippen LogP contribution is 2.28. The van der Waals surface area contributed by atoms with Gasteiger partial charge in [-0.1, -0.05) is 24.6 Å². The van der Waals surface area contributed by atoms with Gasteiger partial charge in [-0.25, -0.2) is 0 Å². The van der Waals surface area contributed by atoms with Gasteiger partial charge in [0.05, 0.1) is 11.6 Å². The van der Waals surface area contributed by atoms with E-state index in [1.807, 2.05) is 18.3 Å². The smallest absolute Gasteiger partial charge is 0.0726 e. The minimum absolute atomic E-state index is 0.285. The first-order valence-corrected chi connectivity index (χ1v) is 6.57. The van der Waals surface area contributed by atoms with Crippen LogP contribution in [0.15, 0.2) is 42.6 Å². The normalized spacial score (nSPS) is 20.5. The molecule has 0 saturated carbocycles. The molecule has 1 aromatic carbocycles. The summed E-state index contributed by atoms with van der Waals surface area (Å²) in [5.41, 5.74) is 3.51. The van der Waals surface area contributed by atoms with Gasteiger partial charge in [-0.3, -0.25) is 4.98 Å². The van der Waals surface area contributed by atoms with Crippen LogP contribution >= 0.6 is 0 Å². The van der Waals surface area contributed by atoms with Crippen molar-refractivity contribution in [2.75, 3.05) is 0 Å². The molecular weight excluding hydrogens is 222 g/mol. The number of benzene rings is 1. The third-order valence-corrected chi connectivity index (χ3v) is 3.56. The van der Waals surface area contributed by atoms with Crippen molar-refractivity contribution in [3.05, 3.63) is 48.2 Å². The first-order chi connectivity index (χ1) is 8.83.